The molecule has 0 unspecified atom stereocenters. The van der Waals surface area contributed by atoms with Crippen LogP contribution in [0.5, 0.6) is 0 Å². The van der Waals surface area contributed by atoms with Crippen molar-refractivity contribution in [2.45, 2.75) is 19.8 Å². The number of benzene rings is 1. The first-order valence-corrected chi connectivity index (χ1v) is 5.24. The summed E-state index contributed by atoms with van der Waals surface area (Å²) < 4.78 is 0. The lowest BCUT2D eigenvalue weighted by atomic mass is 10.1. The van der Waals surface area contributed by atoms with Gasteiger partial charge in [0.05, 0.1) is 11.3 Å². The number of hydrogen-bond donors (Lipinski definition) is 1. The van der Waals surface area contributed by atoms with Crippen LogP contribution in [0.25, 0.3) is 0 Å². The number of anilines is 1. The van der Waals surface area contributed by atoms with E-state index in [4.69, 9.17) is 5.11 Å². The lowest BCUT2D eigenvalue weighted by molar-refractivity contribution is -0.117. The molecule has 0 spiro atoms. The zero-order valence-corrected chi connectivity index (χ0v) is 9.06. The van der Waals surface area contributed by atoms with Crippen LogP contribution < -0.4 is 4.90 Å². The van der Waals surface area contributed by atoms with E-state index in [1.807, 2.05) is 0 Å². The quantitative estimate of drug-likeness (QED) is 0.825. The van der Waals surface area contributed by atoms with Crippen LogP contribution in [0.2, 0.25) is 0 Å². The molecule has 1 N–H and O–H groups in total. The monoisotopic (exact) mass is 219 g/mol. The van der Waals surface area contributed by atoms with Gasteiger partial charge in [0.2, 0.25) is 5.91 Å². The van der Waals surface area contributed by atoms with Crippen molar-refractivity contribution >= 4 is 17.6 Å². The summed E-state index contributed by atoms with van der Waals surface area (Å²) in [5.41, 5.74) is 1.44. The van der Waals surface area contributed by atoms with Gasteiger partial charge < -0.3 is 10.0 Å². The van der Waals surface area contributed by atoms with E-state index in [1.54, 1.807) is 30.0 Å². The van der Waals surface area contributed by atoms with Gasteiger partial charge in [0.1, 0.15) is 0 Å². The maximum Gasteiger partial charge on any atom is 0.338 e. The fraction of sp³-hybridized carbons (Fsp3) is 0.333. The number of nitrogens with zero attached hydrogens (tertiary/aromatic N) is 1. The van der Waals surface area contributed by atoms with Crippen molar-refractivity contribution in [1.82, 2.24) is 0 Å². The van der Waals surface area contributed by atoms with Gasteiger partial charge in [-0.1, -0.05) is 12.1 Å². The van der Waals surface area contributed by atoms with Gasteiger partial charge in [-0.25, -0.2) is 4.79 Å². The number of carbonyl (C=O) groups is 2. The van der Waals surface area contributed by atoms with Crippen molar-refractivity contribution in [3.8, 4) is 0 Å². The van der Waals surface area contributed by atoms with Crippen molar-refractivity contribution in [2.24, 2.45) is 0 Å². The number of amides is 1. The topological polar surface area (TPSA) is 57.6 Å². The maximum absolute atomic E-state index is 11.6. The van der Waals surface area contributed by atoms with Crippen LogP contribution in [0, 0.1) is 6.92 Å². The van der Waals surface area contributed by atoms with Crippen molar-refractivity contribution in [1.29, 1.82) is 0 Å². The summed E-state index contributed by atoms with van der Waals surface area (Å²) in [6.07, 6.45) is 1.30. The normalized spacial score (nSPS) is 15.6. The van der Waals surface area contributed by atoms with E-state index in [1.165, 1.54) is 0 Å². The SMILES string of the molecule is Cc1cccc(N2CCCC2=O)c1C(=O)O. The third-order valence-electron chi connectivity index (χ3n) is 2.83. The second kappa shape index (κ2) is 3.96. The van der Waals surface area contributed by atoms with Gasteiger partial charge in [0.15, 0.2) is 0 Å². The molecule has 0 aromatic heterocycles. The molecule has 4 nitrogen and oxygen atoms in total. The summed E-state index contributed by atoms with van der Waals surface area (Å²) in [5, 5.41) is 9.16. The Morgan fingerprint density at radius 1 is 1.44 bits per heavy atom. The van der Waals surface area contributed by atoms with Gasteiger partial charge in [-0.15, -0.1) is 0 Å². The fourth-order valence-electron chi connectivity index (χ4n) is 2.06. The molecular formula is C12H13NO3. The molecule has 1 aliphatic heterocycles. The summed E-state index contributed by atoms with van der Waals surface area (Å²) in [6, 6.07) is 5.22. The molecule has 16 heavy (non-hydrogen) atoms. The molecule has 1 aromatic rings. The Balaban J connectivity index is 2.51. The average molecular weight is 219 g/mol. The van der Waals surface area contributed by atoms with E-state index in [2.05, 4.69) is 0 Å². The molecule has 4 heteroatoms. The fourth-order valence-corrected chi connectivity index (χ4v) is 2.06. The van der Waals surface area contributed by atoms with E-state index in [0.717, 1.165) is 6.42 Å². The third-order valence-corrected chi connectivity index (χ3v) is 2.83. The number of carbonyl (C=O) groups excluding carboxylic acids is 1. The summed E-state index contributed by atoms with van der Waals surface area (Å²) in [6.45, 7) is 2.36. The number of aromatic carboxylic acids is 1. The first kappa shape index (κ1) is 10.7. The first-order chi connectivity index (χ1) is 7.61. The van der Waals surface area contributed by atoms with Gasteiger partial charge in [0, 0.05) is 13.0 Å². The van der Waals surface area contributed by atoms with E-state index < -0.39 is 5.97 Å². The molecule has 2 rings (SSSR count). The predicted molar refractivity (Wildman–Crippen MR) is 59.7 cm³/mol. The Morgan fingerprint density at radius 3 is 2.75 bits per heavy atom. The van der Waals surface area contributed by atoms with Crippen LogP contribution in [-0.2, 0) is 4.79 Å². The Labute approximate surface area is 93.5 Å². The minimum Gasteiger partial charge on any atom is -0.478 e. The number of carboxylic acids is 1. The average Bonchev–Trinajstić information content (AvgIpc) is 2.63. The third kappa shape index (κ3) is 1.66. The summed E-state index contributed by atoms with van der Waals surface area (Å²) in [4.78, 5) is 24.3. The lowest BCUT2D eigenvalue weighted by Crippen LogP contribution is -2.26. The predicted octanol–water partition coefficient (Wildman–Crippen LogP) is 1.82. The molecule has 0 atom stereocenters. The number of carboxylic acid groups (broad SMARTS) is 1. The highest BCUT2D eigenvalue weighted by Crippen LogP contribution is 2.27. The Hall–Kier alpha value is -1.84. The van der Waals surface area contributed by atoms with Gasteiger partial charge in [-0.3, -0.25) is 4.79 Å². The highest BCUT2D eigenvalue weighted by Gasteiger charge is 2.26. The largest absolute Gasteiger partial charge is 0.478 e. The van der Waals surface area contributed by atoms with Crippen molar-refractivity contribution < 1.29 is 14.7 Å². The molecule has 0 aliphatic carbocycles. The molecule has 84 valence electrons. The Kier molecular flexibility index (Phi) is 2.64. The highest BCUT2D eigenvalue weighted by atomic mass is 16.4. The van der Waals surface area contributed by atoms with Crippen molar-refractivity contribution in [3.05, 3.63) is 29.3 Å². The van der Waals surface area contributed by atoms with Crippen LogP contribution in [0.4, 0.5) is 5.69 Å². The first-order valence-electron chi connectivity index (χ1n) is 5.24. The van der Waals surface area contributed by atoms with Gasteiger partial charge in [-0.2, -0.15) is 0 Å². The van der Waals surface area contributed by atoms with Crippen LogP contribution in [-0.4, -0.2) is 23.5 Å². The van der Waals surface area contributed by atoms with Crippen LogP contribution in [0.3, 0.4) is 0 Å². The second-order valence-corrected chi connectivity index (χ2v) is 3.92. The number of aryl methyl sites for hydroxylation is 1. The van der Waals surface area contributed by atoms with Crippen LogP contribution >= 0.6 is 0 Å². The summed E-state index contributed by atoms with van der Waals surface area (Å²) in [5.74, 6) is -0.971. The van der Waals surface area contributed by atoms with E-state index in [0.29, 0.717) is 24.2 Å². The van der Waals surface area contributed by atoms with Crippen molar-refractivity contribution in [3.63, 3.8) is 0 Å². The van der Waals surface area contributed by atoms with E-state index in [9.17, 15) is 9.59 Å². The van der Waals surface area contributed by atoms with Gasteiger partial charge in [-0.05, 0) is 25.0 Å². The standard InChI is InChI=1S/C12H13NO3/c1-8-4-2-5-9(11(8)12(15)16)13-7-3-6-10(13)14/h2,4-5H,3,6-7H2,1H3,(H,15,16). The maximum atomic E-state index is 11.6. The second-order valence-electron chi connectivity index (χ2n) is 3.92. The molecule has 0 saturated carbocycles. The summed E-state index contributed by atoms with van der Waals surface area (Å²) >= 11 is 0. The molecule has 1 saturated heterocycles. The number of rotatable bonds is 2. The minimum atomic E-state index is -0.979. The molecule has 0 bridgehead atoms. The molecule has 1 aliphatic rings. The van der Waals surface area contributed by atoms with Crippen LogP contribution in [0.15, 0.2) is 18.2 Å². The zero-order valence-electron chi connectivity index (χ0n) is 9.06. The zero-order chi connectivity index (χ0) is 11.7. The summed E-state index contributed by atoms with van der Waals surface area (Å²) in [7, 11) is 0. The Morgan fingerprint density at radius 2 is 2.19 bits per heavy atom. The number of hydrogen-bond acceptors (Lipinski definition) is 2. The van der Waals surface area contributed by atoms with Crippen molar-refractivity contribution in [2.75, 3.05) is 11.4 Å². The lowest BCUT2D eigenvalue weighted by Gasteiger charge is -2.19. The van der Waals surface area contributed by atoms with E-state index >= 15 is 0 Å². The smallest absolute Gasteiger partial charge is 0.338 e. The molecule has 1 fully saturated rings. The van der Waals surface area contributed by atoms with E-state index in [-0.39, 0.29) is 11.5 Å². The molecular weight excluding hydrogens is 206 g/mol. The molecule has 1 heterocycles. The highest BCUT2D eigenvalue weighted by molar-refractivity contribution is 6.03. The molecule has 0 radical (unpaired) electrons. The Bertz CT molecular complexity index is 454. The van der Waals surface area contributed by atoms with Gasteiger partial charge >= 0.3 is 5.97 Å². The van der Waals surface area contributed by atoms with Crippen LogP contribution in [0.1, 0.15) is 28.8 Å². The van der Waals surface area contributed by atoms with Gasteiger partial charge in [0.25, 0.3) is 0 Å². The molecule has 1 aromatic carbocycles. The minimum absolute atomic E-state index is 0.00750. The molecule has 1 amide bonds.